The van der Waals surface area contributed by atoms with Crippen molar-refractivity contribution in [3.63, 3.8) is 0 Å². The van der Waals surface area contributed by atoms with E-state index in [4.69, 9.17) is 17.3 Å². The zero-order valence-corrected chi connectivity index (χ0v) is 14.0. The number of hydrogen-bond donors (Lipinski definition) is 2. The fourth-order valence-corrected chi connectivity index (χ4v) is 3.05. The van der Waals surface area contributed by atoms with Crippen molar-refractivity contribution < 1.29 is 14.4 Å². The van der Waals surface area contributed by atoms with Crippen molar-refractivity contribution >= 4 is 40.7 Å². The van der Waals surface area contributed by atoms with Crippen molar-refractivity contribution in [1.29, 1.82) is 0 Å². The summed E-state index contributed by atoms with van der Waals surface area (Å²) in [5.41, 5.74) is 6.61. The largest absolute Gasteiger partial charge is 0.366 e. The molecule has 0 spiro atoms. The first-order valence-electron chi connectivity index (χ1n) is 7.71. The van der Waals surface area contributed by atoms with E-state index in [0.29, 0.717) is 12.2 Å². The molecular weight excluding hydrogens is 342 g/mol. The van der Waals surface area contributed by atoms with E-state index >= 15 is 0 Å². The Morgan fingerprint density at radius 2 is 1.88 bits per heavy atom. The maximum Gasteiger partial charge on any atom is 0.250 e. The third-order valence-electron chi connectivity index (χ3n) is 4.07. The minimum atomic E-state index is -0.636. The van der Waals surface area contributed by atoms with E-state index in [0.717, 1.165) is 5.69 Å². The molecule has 1 aliphatic heterocycles. The average Bonchev–Trinajstić information content (AvgIpc) is 2.97. The lowest BCUT2D eigenvalue weighted by Crippen LogP contribution is -2.28. The number of anilines is 2. The average molecular weight is 358 g/mol. The molecule has 1 heterocycles. The molecule has 25 heavy (non-hydrogen) atoms. The van der Waals surface area contributed by atoms with Crippen molar-refractivity contribution in [3.05, 3.63) is 59.1 Å². The van der Waals surface area contributed by atoms with Gasteiger partial charge < -0.3 is 16.0 Å². The van der Waals surface area contributed by atoms with Gasteiger partial charge >= 0.3 is 0 Å². The van der Waals surface area contributed by atoms with E-state index in [-0.39, 0.29) is 28.8 Å². The first-order valence-corrected chi connectivity index (χ1v) is 8.09. The number of hydrogen-bond acceptors (Lipinski definition) is 3. The Kier molecular flexibility index (Phi) is 4.72. The number of nitrogens with zero attached hydrogens (tertiary/aromatic N) is 1. The van der Waals surface area contributed by atoms with Crippen molar-refractivity contribution in [2.75, 3.05) is 16.8 Å². The predicted octanol–water partition coefficient (Wildman–Crippen LogP) is 2.43. The summed E-state index contributed by atoms with van der Waals surface area (Å²) in [6, 6.07) is 13.7. The second-order valence-electron chi connectivity index (χ2n) is 5.79. The number of nitrogens with two attached hydrogens (primary N) is 1. The van der Waals surface area contributed by atoms with Crippen LogP contribution in [0.25, 0.3) is 0 Å². The van der Waals surface area contributed by atoms with Crippen LogP contribution in [0.1, 0.15) is 16.8 Å². The number of amides is 3. The topological polar surface area (TPSA) is 92.5 Å². The van der Waals surface area contributed by atoms with E-state index in [2.05, 4.69) is 5.32 Å². The minimum Gasteiger partial charge on any atom is -0.366 e. The molecule has 6 nitrogen and oxygen atoms in total. The summed E-state index contributed by atoms with van der Waals surface area (Å²) in [4.78, 5) is 37.4. The number of nitrogens with one attached hydrogen (secondary N) is 1. The van der Waals surface area contributed by atoms with Gasteiger partial charge in [0, 0.05) is 24.3 Å². The van der Waals surface area contributed by atoms with E-state index in [1.165, 1.54) is 12.1 Å². The summed E-state index contributed by atoms with van der Waals surface area (Å²) >= 11 is 5.98. The first kappa shape index (κ1) is 17.0. The standard InChI is InChI=1S/C18H16ClN3O3/c19-15-9-12(6-7-14(15)17(20)24)21-18(25)11-8-16(23)22(10-11)13-4-2-1-3-5-13/h1-7,9,11H,8,10H2,(H2,20,24)(H,21,25). The van der Waals surface area contributed by atoms with Crippen LogP contribution in [0.5, 0.6) is 0 Å². The number of carbonyl (C=O) groups is 3. The van der Waals surface area contributed by atoms with Crippen LogP contribution in [-0.4, -0.2) is 24.3 Å². The molecule has 1 atom stereocenters. The summed E-state index contributed by atoms with van der Waals surface area (Å²) in [6.45, 7) is 0.321. The molecule has 3 amide bonds. The Balaban J connectivity index is 1.69. The van der Waals surface area contributed by atoms with Gasteiger partial charge in [-0.1, -0.05) is 29.8 Å². The summed E-state index contributed by atoms with van der Waals surface area (Å²) in [5, 5.41) is 2.89. The van der Waals surface area contributed by atoms with E-state index < -0.39 is 11.8 Å². The second-order valence-corrected chi connectivity index (χ2v) is 6.20. The molecule has 1 fully saturated rings. The molecule has 0 aromatic heterocycles. The molecule has 1 aliphatic rings. The highest BCUT2D eigenvalue weighted by atomic mass is 35.5. The number of rotatable bonds is 4. The maximum atomic E-state index is 12.4. The van der Waals surface area contributed by atoms with Gasteiger partial charge in [-0.15, -0.1) is 0 Å². The van der Waals surface area contributed by atoms with Gasteiger partial charge in [0.15, 0.2) is 0 Å². The molecule has 0 bridgehead atoms. The summed E-state index contributed by atoms with van der Waals surface area (Å²) < 4.78 is 0. The molecular formula is C18H16ClN3O3. The molecule has 1 saturated heterocycles. The number of para-hydroxylation sites is 1. The van der Waals surface area contributed by atoms with Gasteiger partial charge in [0.05, 0.1) is 16.5 Å². The Hall–Kier alpha value is -2.86. The van der Waals surface area contributed by atoms with Crippen molar-refractivity contribution in [1.82, 2.24) is 0 Å². The first-order chi connectivity index (χ1) is 12.0. The summed E-state index contributed by atoms with van der Waals surface area (Å²) in [6.07, 6.45) is 0.147. The van der Waals surface area contributed by atoms with Crippen LogP contribution in [0.4, 0.5) is 11.4 Å². The molecule has 128 valence electrons. The fourth-order valence-electron chi connectivity index (χ4n) is 2.78. The SMILES string of the molecule is NC(=O)c1ccc(NC(=O)C2CC(=O)N(c3ccccc3)C2)cc1Cl. The van der Waals surface area contributed by atoms with Crippen LogP contribution in [0.2, 0.25) is 5.02 Å². The van der Waals surface area contributed by atoms with Crippen LogP contribution < -0.4 is 16.0 Å². The molecule has 0 radical (unpaired) electrons. The van der Waals surface area contributed by atoms with E-state index in [1.807, 2.05) is 30.3 Å². The number of primary amides is 1. The lowest BCUT2D eigenvalue weighted by atomic mass is 10.1. The highest BCUT2D eigenvalue weighted by Crippen LogP contribution is 2.26. The lowest BCUT2D eigenvalue weighted by Gasteiger charge is -2.16. The normalized spacial score (nSPS) is 16.8. The zero-order valence-electron chi connectivity index (χ0n) is 13.2. The van der Waals surface area contributed by atoms with E-state index in [9.17, 15) is 14.4 Å². The van der Waals surface area contributed by atoms with Crippen LogP contribution >= 0.6 is 11.6 Å². The Bertz CT molecular complexity index is 839. The van der Waals surface area contributed by atoms with Gasteiger partial charge in [-0.3, -0.25) is 14.4 Å². The van der Waals surface area contributed by atoms with Crippen molar-refractivity contribution in [3.8, 4) is 0 Å². The Labute approximate surface area is 149 Å². The maximum absolute atomic E-state index is 12.4. The van der Waals surface area contributed by atoms with Crippen LogP contribution in [0, 0.1) is 5.92 Å². The molecule has 3 N–H and O–H groups in total. The third-order valence-corrected chi connectivity index (χ3v) is 4.38. The van der Waals surface area contributed by atoms with Gasteiger partial charge in [-0.25, -0.2) is 0 Å². The lowest BCUT2D eigenvalue weighted by molar-refractivity contribution is -0.122. The smallest absolute Gasteiger partial charge is 0.250 e. The predicted molar refractivity (Wildman–Crippen MR) is 95.5 cm³/mol. The number of benzene rings is 2. The van der Waals surface area contributed by atoms with E-state index in [1.54, 1.807) is 11.0 Å². The van der Waals surface area contributed by atoms with Crippen LogP contribution in [0.3, 0.4) is 0 Å². The summed E-state index contributed by atoms with van der Waals surface area (Å²) in [5.74, 6) is -1.45. The van der Waals surface area contributed by atoms with Gasteiger partial charge in [0.1, 0.15) is 0 Å². The zero-order chi connectivity index (χ0) is 18.0. The second kappa shape index (κ2) is 6.94. The van der Waals surface area contributed by atoms with Gasteiger partial charge in [-0.05, 0) is 30.3 Å². The molecule has 1 unspecified atom stereocenters. The van der Waals surface area contributed by atoms with Gasteiger partial charge in [0.2, 0.25) is 17.7 Å². The minimum absolute atomic E-state index is 0.0894. The van der Waals surface area contributed by atoms with Gasteiger partial charge in [-0.2, -0.15) is 0 Å². The van der Waals surface area contributed by atoms with Crippen LogP contribution in [0.15, 0.2) is 48.5 Å². The molecule has 2 aromatic carbocycles. The molecule has 3 rings (SSSR count). The molecule has 0 saturated carbocycles. The Morgan fingerprint density at radius 1 is 1.16 bits per heavy atom. The summed E-state index contributed by atoms with van der Waals surface area (Å²) in [7, 11) is 0. The van der Waals surface area contributed by atoms with Crippen molar-refractivity contribution in [2.24, 2.45) is 11.7 Å². The van der Waals surface area contributed by atoms with Crippen molar-refractivity contribution in [2.45, 2.75) is 6.42 Å². The van der Waals surface area contributed by atoms with Crippen LogP contribution in [-0.2, 0) is 9.59 Å². The third kappa shape index (κ3) is 3.64. The fraction of sp³-hybridized carbons (Fsp3) is 0.167. The monoisotopic (exact) mass is 357 g/mol. The highest BCUT2D eigenvalue weighted by Gasteiger charge is 2.35. The quantitative estimate of drug-likeness (QED) is 0.880. The number of halogens is 1. The number of carbonyl (C=O) groups excluding carboxylic acids is 3. The molecule has 7 heteroatoms. The molecule has 0 aliphatic carbocycles. The Morgan fingerprint density at radius 3 is 2.52 bits per heavy atom. The highest BCUT2D eigenvalue weighted by molar-refractivity contribution is 6.34. The molecule has 2 aromatic rings. The van der Waals surface area contributed by atoms with Gasteiger partial charge in [0.25, 0.3) is 0 Å².